The molecule has 72 valence electrons. The van der Waals surface area contributed by atoms with E-state index in [4.69, 9.17) is 0 Å². The molecule has 0 radical (unpaired) electrons. The number of allylic oxidation sites excluding steroid dienone is 1. The molecular weight excluding hydrogens is 159 g/mol. The second-order valence-electron chi connectivity index (χ2n) is 1.98. The van der Waals surface area contributed by atoms with Crippen molar-refractivity contribution in [1.29, 1.82) is 0 Å². The van der Waals surface area contributed by atoms with E-state index in [2.05, 4.69) is 11.9 Å². The molecule has 0 bridgehead atoms. The monoisotopic (exact) mass is 176 g/mol. The topological polar surface area (TPSA) is 32.3 Å². The van der Waals surface area contributed by atoms with E-state index in [9.17, 15) is 9.28 Å². The number of nitrogens with one attached hydrogen (secondary N) is 1. The molecule has 0 aromatic rings. The number of halogens is 1. The summed E-state index contributed by atoms with van der Waals surface area (Å²) in [6.07, 6.45) is 2.31. The van der Waals surface area contributed by atoms with Crippen LogP contribution in [0.1, 0.15) is 13.8 Å². The van der Waals surface area contributed by atoms with Crippen LogP contribution >= 0.6 is 0 Å². The molecular formula is C8H17FN2O. The van der Waals surface area contributed by atoms with Gasteiger partial charge in [-0.15, -0.1) is 16.2 Å². The molecule has 0 saturated carbocycles. The van der Waals surface area contributed by atoms with Gasteiger partial charge in [-0.1, -0.05) is 6.08 Å². The highest BCUT2D eigenvalue weighted by Crippen LogP contribution is 1.83. The van der Waals surface area contributed by atoms with Gasteiger partial charge >= 0.3 is 0 Å². The number of carbonyl (C=O) groups excluding carboxylic acids is 1. The molecule has 0 spiro atoms. The maximum atomic E-state index is 12.1. The van der Waals surface area contributed by atoms with Crippen LogP contribution in [0.15, 0.2) is 12.7 Å². The summed E-state index contributed by atoms with van der Waals surface area (Å²) in [5, 5.41) is 2.99. The van der Waals surface area contributed by atoms with Crippen LogP contribution in [0.4, 0.5) is 4.48 Å². The van der Waals surface area contributed by atoms with Crippen molar-refractivity contribution in [3.05, 3.63) is 12.7 Å². The van der Waals surface area contributed by atoms with Crippen LogP contribution in [0.2, 0.25) is 0 Å². The maximum absolute atomic E-state index is 12.1. The second-order valence-corrected chi connectivity index (χ2v) is 1.98. The third kappa shape index (κ3) is 16.0. The Hall–Kier alpha value is -0.900. The van der Waals surface area contributed by atoms with Crippen molar-refractivity contribution < 1.29 is 9.28 Å². The number of carbonyl (C=O) groups is 1. The summed E-state index contributed by atoms with van der Waals surface area (Å²) in [5.74, 6) is 0. The third-order valence-corrected chi connectivity index (χ3v) is 0.925. The lowest BCUT2D eigenvalue weighted by atomic mass is 10.6. The Morgan fingerprint density at radius 1 is 1.67 bits per heavy atom. The number of hydrogen-bond donors (Lipinski definition) is 1. The van der Waals surface area contributed by atoms with E-state index in [0.717, 1.165) is 0 Å². The van der Waals surface area contributed by atoms with Gasteiger partial charge in [0.25, 0.3) is 0 Å². The molecule has 0 fully saturated rings. The number of likely N-dealkylation sites (N-methyl/N-ethyl adjacent to an activating group) is 1. The van der Waals surface area contributed by atoms with Crippen molar-refractivity contribution >= 4 is 6.41 Å². The standard InChI is InChI=1S/C5H11FN2O.C3H6/c1-2-8(6)4-3-7-5-9;1-3-2/h5H,2-4H2,1H3,(H,7,9);3H,1H2,2H3. The molecule has 0 aliphatic heterocycles. The zero-order chi connectivity index (χ0) is 9.82. The summed E-state index contributed by atoms with van der Waals surface area (Å²) < 4.78 is 12.1. The first-order valence-corrected chi connectivity index (χ1v) is 3.87. The van der Waals surface area contributed by atoms with Crippen LogP contribution in [0.3, 0.4) is 0 Å². The number of nitrogens with zero attached hydrogens (tertiary/aromatic N) is 1. The first-order valence-electron chi connectivity index (χ1n) is 3.87. The minimum absolute atomic E-state index is 0.259. The van der Waals surface area contributed by atoms with E-state index < -0.39 is 0 Å². The van der Waals surface area contributed by atoms with Gasteiger partial charge in [0, 0.05) is 19.6 Å². The smallest absolute Gasteiger partial charge is 0.207 e. The van der Waals surface area contributed by atoms with Gasteiger partial charge < -0.3 is 5.32 Å². The largest absolute Gasteiger partial charge is 0.357 e. The van der Waals surface area contributed by atoms with Gasteiger partial charge in [0.2, 0.25) is 6.41 Å². The van der Waals surface area contributed by atoms with E-state index in [1.165, 1.54) is 0 Å². The Kier molecular flexibility index (Phi) is 14.5. The second kappa shape index (κ2) is 12.7. The average molecular weight is 176 g/mol. The number of amides is 1. The molecule has 0 saturated heterocycles. The number of rotatable bonds is 5. The molecule has 0 atom stereocenters. The van der Waals surface area contributed by atoms with Crippen molar-refractivity contribution in [1.82, 2.24) is 10.4 Å². The Balaban J connectivity index is 0. The molecule has 0 aromatic carbocycles. The van der Waals surface area contributed by atoms with Gasteiger partial charge in [-0.25, -0.2) is 0 Å². The molecule has 0 unspecified atom stereocenters. The SMILES string of the molecule is C=CC.CCN(F)CCNC=O. The molecule has 12 heavy (non-hydrogen) atoms. The highest BCUT2D eigenvalue weighted by Gasteiger charge is 1.94. The lowest BCUT2D eigenvalue weighted by Gasteiger charge is -2.06. The molecule has 3 nitrogen and oxygen atoms in total. The summed E-state index contributed by atoms with van der Waals surface area (Å²) in [6.45, 7) is 7.95. The summed E-state index contributed by atoms with van der Waals surface area (Å²) in [4.78, 5) is 9.62. The summed E-state index contributed by atoms with van der Waals surface area (Å²) in [6, 6.07) is 0. The van der Waals surface area contributed by atoms with Crippen LogP contribution < -0.4 is 5.32 Å². The van der Waals surface area contributed by atoms with E-state index in [1.807, 2.05) is 6.92 Å². The predicted octanol–water partition coefficient (Wildman–Crippen LogP) is 1.13. The van der Waals surface area contributed by atoms with Crippen molar-refractivity contribution in [2.24, 2.45) is 0 Å². The molecule has 0 rings (SSSR count). The highest BCUT2D eigenvalue weighted by atomic mass is 19.2. The van der Waals surface area contributed by atoms with Crippen molar-refractivity contribution in [2.45, 2.75) is 13.8 Å². The molecule has 0 aromatic heterocycles. The Morgan fingerprint density at radius 3 is 2.50 bits per heavy atom. The molecule has 0 aliphatic rings. The quantitative estimate of drug-likeness (QED) is 0.295. The van der Waals surface area contributed by atoms with Gasteiger partial charge in [0.05, 0.1) is 0 Å². The molecule has 1 N–H and O–H groups in total. The van der Waals surface area contributed by atoms with Crippen LogP contribution in [0.25, 0.3) is 0 Å². The van der Waals surface area contributed by atoms with E-state index in [-0.39, 0.29) is 6.54 Å². The Morgan fingerprint density at radius 2 is 2.17 bits per heavy atom. The minimum Gasteiger partial charge on any atom is -0.357 e. The fourth-order valence-electron chi connectivity index (χ4n) is 0.403. The van der Waals surface area contributed by atoms with Gasteiger partial charge in [0.1, 0.15) is 0 Å². The summed E-state index contributed by atoms with van der Waals surface area (Å²) in [7, 11) is 0. The fourth-order valence-corrected chi connectivity index (χ4v) is 0.403. The first kappa shape index (κ1) is 13.7. The van der Waals surface area contributed by atoms with Gasteiger partial charge in [-0.3, -0.25) is 4.79 Å². The van der Waals surface area contributed by atoms with E-state index in [0.29, 0.717) is 24.6 Å². The highest BCUT2D eigenvalue weighted by molar-refractivity contribution is 5.45. The maximum Gasteiger partial charge on any atom is 0.207 e. The number of hydrogen-bond acceptors (Lipinski definition) is 2. The molecule has 0 heterocycles. The summed E-state index contributed by atoms with van der Waals surface area (Å²) in [5.41, 5.74) is 0. The normalized spacial score (nSPS) is 8.33. The van der Waals surface area contributed by atoms with Crippen LogP contribution in [-0.2, 0) is 4.79 Å². The van der Waals surface area contributed by atoms with Gasteiger partial charge in [-0.05, 0) is 13.8 Å². The van der Waals surface area contributed by atoms with Crippen molar-refractivity contribution in [3.8, 4) is 0 Å². The van der Waals surface area contributed by atoms with Crippen LogP contribution in [-0.4, -0.2) is 31.2 Å². The summed E-state index contributed by atoms with van der Waals surface area (Å²) >= 11 is 0. The average Bonchev–Trinajstić information content (AvgIpc) is 2.06. The Bertz CT molecular complexity index is 109. The zero-order valence-corrected chi connectivity index (χ0v) is 7.72. The minimum atomic E-state index is 0.259. The predicted molar refractivity (Wildman–Crippen MR) is 48.3 cm³/mol. The van der Waals surface area contributed by atoms with Crippen LogP contribution in [0.5, 0.6) is 0 Å². The van der Waals surface area contributed by atoms with E-state index >= 15 is 0 Å². The zero-order valence-electron chi connectivity index (χ0n) is 7.72. The Labute approximate surface area is 73.2 Å². The molecule has 4 heteroatoms. The first-order chi connectivity index (χ1) is 5.72. The molecule has 1 amide bonds. The van der Waals surface area contributed by atoms with Gasteiger partial charge in [0.15, 0.2) is 0 Å². The van der Waals surface area contributed by atoms with Crippen molar-refractivity contribution in [3.63, 3.8) is 0 Å². The van der Waals surface area contributed by atoms with Crippen molar-refractivity contribution in [2.75, 3.05) is 19.6 Å². The molecule has 0 aliphatic carbocycles. The lowest BCUT2D eigenvalue weighted by Crippen LogP contribution is -2.25. The van der Waals surface area contributed by atoms with Gasteiger partial charge in [-0.2, -0.15) is 0 Å². The van der Waals surface area contributed by atoms with Crippen LogP contribution in [0, 0.1) is 0 Å². The fraction of sp³-hybridized carbons (Fsp3) is 0.625. The lowest BCUT2D eigenvalue weighted by molar-refractivity contribution is -0.109. The van der Waals surface area contributed by atoms with E-state index in [1.54, 1.807) is 13.0 Å². The third-order valence-electron chi connectivity index (χ3n) is 0.925.